The van der Waals surface area contributed by atoms with Gasteiger partial charge in [0.2, 0.25) is 5.43 Å². The summed E-state index contributed by atoms with van der Waals surface area (Å²) in [5.74, 6) is 0.655. The van der Waals surface area contributed by atoms with Crippen LogP contribution in [0.3, 0.4) is 0 Å². The molecule has 3 aliphatic heterocycles. The lowest BCUT2D eigenvalue weighted by Crippen LogP contribution is -2.57. The topological polar surface area (TPSA) is 75.0 Å². The highest BCUT2D eigenvalue weighted by molar-refractivity contribution is 7.98. The van der Waals surface area contributed by atoms with E-state index in [0.29, 0.717) is 6.61 Å². The van der Waals surface area contributed by atoms with Gasteiger partial charge in [0, 0.05) is 34.5 Å². The smallest absolute Gasteiger partial charge is 0.278 e. The molecule has 4 heterocycles. The van der Waals surface area contributed by atoms with Gasteiger partial charge >= 0.3 is 0 Å². The number of hydrogen-bond donors (Lipinski definition) is 1. The fraction of sp³-hybridized carbons (Fsp3) is 0.231. The Kier molecular flexibility index (Phi) is 4.91. The van der Waals surface area contributed by atoms with Crippen molar-refractivity contribution in [3.63, 3.8) is 0 Å². The third-order valence-electron chi connectivity index (χ3n) is 6.66. The number of fused-ring (bicyclic) bond motifs is 7. The number of pyridine rings is 1. The molecule has 0 saturated carbocycles. The van der Waals surface area contributed by atoms with Crippen LogP contribution in [0.2, 0.25) is 0 Å². The molecule has 0 saturated heterocycles. The Labute approximate surface area is 200 Å². The SMILES string of the molecule is C[C@H]1/C=C\COc2cccc3c2[C@H](c2ccccc2SC3)N2CN1C(=O)c1c(O)c(=O)ccn12. The largest absolute Gasteiger partial charge is 0.502 e. The van der Waals surface area contributed by atoms with Crippen molar-refractivity contribution in [1.29, 1.82) is 0 Å². The van der Waals surface area contributed by atoms with Crippen LogP contribution in [0.4, 0.5) is 0 Å². The van der Waals surface area contributed by atoms with Gasteiger partial charge in [-0.25, -0.2) is 0 Å². The molecule has 3 aromatic rings. The molecule has 0 aliphatic carbocycles. The number of rotatable bonds is 0. The van der Waals surface area contributed by atoms with Crippen LogP contribution in [0.15, 0.2) is 76.6 Å². The number of aromatic hydroxyl groups is 1. The van der Waals surface area contributed by atoms with Crippen molar-refractivity contribution in [2.24, 2.45) is 0 Å². The highest BCUT2D eigenvalue weighted by atomic mass is 32.2. The van der Waals surface area contributed by atoms with Crippen LogP contribution < -0.4 is 15.2 Å². The summed E-state index contributed by atoms with van der Waals surface area (Å²) in [6, 6.07) is 15.1. The lowest BCUT2D eigenvalue weighted by molar-refractivity contribution is 0.0642. The Bertz CT molecular complexity index is 1400. The third kappa shape index (κ3) is 3.13. The zero-order valence-corrected chi connectivity index (χ0v) is 19.4. The quantitative estimate of drug-likeness (QED) is 0.503. The van der Waals surface area contributed by atoms with Crippen molar-refractivity contribution >= 4 is 17.7 Å². The van der Waals surface area contributed by atoms with Crippen molar-refractivity contribution in [2.45, 2.75) is 29.7 Å². The van der Waals surface area contributed by atoms with Gasteiger partial charge in [-0.1, -0.05) is 36.4 Å². The van der Waals surface area contributed by atoms with Crippen LogP contribution in [0.1, 0.15) is 40.1 Å². The van der Waals surface area contributed by atoms with Crippen molar-refractivity contribution in [1.82, 2.24) is 9.58 Å². The second kappa shape index (κ2) is 7.99. The average Bonchev–Trinajstić information content (AvgIpc) is 3.02. The minimum Gasteiger partial charge on any atom is -0.502 e. The van der Waals surface area contributed by atoms with E-state index < -0.39 is 11.2 Å². The summed E-state index contributed by atoms with van der Waals surface area (Å²) in [7, 11) is 0. The Morgan fingerprint density at radius 2 is 1.94 bits per heavy atom. The normalized spacial score (nSPS) is 21.9. The molecule has 3 aliphatic rings. The van der Waals surface area contributed by atoms with E-state index in [4.69, 9.17) is 4.74 Å². The molecule has 1 aromatic heterocycles. The molecular formula is C26H23N3O4S. The highest BCUT2D eigenvalue weighted by Crippen LogP contribution is 2.46. The van der Waals surface area contributed by atoms with Gasteiger partial charge in [-0.05, 0) is 36.3 Å². The molecule has 0 spiro atoms. The van der Waals surface area contributed by atoms with Gasteiger partial charge in [0.1, 0.15) is 25.1 Å². The van der Waals surface area contributed by atoms with Gasteiger partial charge in [0.25, 0.3) is 5.91 Å². The fourth-order valence-corrected chi connectivity index (χ4v) is 6.06. The third-order valence-corrected chi connectivity index (χ3v) is 7.80. The molecular weight excluding hydrogens is 450 g/mol. The molecule has 0 unspecified atom stereocenters. The van der Waals surface area contributed by atoms with E-state index in [0.717, 1.165) is 33.1 Å². The Morgan fingerprint density at radius 3 is 2.82 bits per heavy atom. The molecule has 1 amide bonds. The standard InChI is InChI=1S/C26H23N3O4S/c1-16-6-5-13-33-20-9-4-7-17-14-34-21-10-3-2-8-18(21)23(22(17)20)29-15-27(16)26(32)24-25(31)19(30)11-12-28(24)29/h2-12,16,23,31H,13-15H2,1H3/b6-5-/t16-,23-/m0/s1. The maximum absolute atomic E-state index is 13.5. The van der Waals surface area contributed by atoms with Gasteiger partial charge in [-0.15, -0.1) is 11.8 Å². The predicted octanol–water partition coefficient (Wildman–Crippen LogP) is 3.64. The zero-order chi connectivity index (χ0) is 23.4. The minimum absolute atomic E-state index is 0.0208. The molecule has 6 rings (SSSR count). The van der Waals surface area contributed by atoms with Crippen LogP contribution in [0.25, 0.3) is 0 Å². The van der Waals surface area contributed by atoms with E-state index in [-0.39, 0.29) is 30.4 Å². The molecule has 2 atom stereocenters. The number of thioether (sulfide) groups is 1. The predicted molar refractivity (Wildman–Crippen MR) is 130 cm³/mol. The number of aromatic nitrogens is 1. The Hall–Kier alpha value is -3.65. The monoisotopic (exact) mass is 473 g/mol. The summed E-state index contributed by atoms with van der Waals surface area (Å²) < 4.78 is 7.90. The maximum atomic E-state index is 13.5. The van der Waals surface area contributed by atoms with Gasteiger partial charge in [0.05, 0.1) is 0 Å². The fourth-order valence-electron chi connectivity index (χ4n) is 4.98. The van der Waals surface area contributed by atoms with Crippen molar-refractivity contribution in [2.75, 3.05) is 18.3 Å². The first kappa shape index (κ1) is 20.9. The van der Waals surface area contributed by atoms with E-state index >= 15 is 0 Å². The molecule has 172 valence electrons. The number of carbonyl (C=O) groups is 1. The molecule has 2 aromatic carbocycles. The van der Waals surface area contributed by atoms with Gasteiger partial charge in [0.15, 0.2) is 11.4 Å². The molecule has 0 radical (unpaired) electrons. The van der Waals surface area contributed by atoms with E-state index in [1.807, 2.05) is 48.4 Å². The molecule has 1 N–H and O–H groups in total. The molecule has 34 heavy (non-hydrogen) atoms. The number of nitrogens with zero attached hydrogens (tertiary/aromatic N) is 3. The van der Waals surface area contributed by atoms with E-state index in [1.165, 1.54) is 6.07 Å². The number of benzene rings is 2. The average molecular weight is 474 g/mol. The van der Waals surface area contributed by atoms with Crippen LogP contribution >= 0.6 is 11.8 Å². The number of amides is 1. The van der Waals surface area contributed by atoms with Gasteiger partial charge in [-0.3, -0.25) is 19.3 Å². The van der Waals surface area contributed by atoms with Crippen LogP contribution in [-0.4, -0.2) is 39.9 Å². The first-order valence-electron chi connectivity index (χ1n) is 11.2. The van der Waals surface area contributed by atoms with E-state index in [9.17, 15) is 14.7 Å². The molecule has 0 fully saturated rings. The summed E-state index contributed by atoms with van der Waals surface area (Å²) in [6.45, 7) is 2.57. The van der Waals surface area contributed by atoms with Crippen LogP contribution in [0.5, 0.6) is 11.5 Å². The summed E-state index contributed by atoms with van der Waals surface area (Å²) >= 11 is 1.77. The Morgan fingerprint density at radius 1 is 1.09 bits per heavy atom. The van der Waals surface area contributed by atoms with Crippen molar-refractivity contribution in [3.05, 3.63) is 99.5 Å². The van der Waals surface area contributed by atoms with Crippen molar-refractivity contribution < 1.29 is 14.6 Å². The molecule has 7 nitrogen and oxygen atoms in total. The second-order valence-corrected chi connectivity index (χ2v) is 9.63. The van der Waals surface area contributed by atoms with Crippen LogP contribution in [-0.2, 0) is 5.75 Å². The lowest BCUT2D eigenvalue weighted by Gasteiger charge is -2.45. The molecule has 8 heteroatoms. The van der Waals surface area contributed by atoms with Gasteiger partial charge in [-0.2, -0.15) is 0 Å². The van der Waals surface area contributed by atoms with E-state index in [1.54, 1.807) is 27.5 Å². The first-order chi connectivity index (χ1) is 16.5. The van der Waals surface area contributed by atoms with Crippen molar-refractivity contribution in [3.8, 4) is 11.5 Å². The minimum atomic E-state index is -0.574. The first-order valence-corrected chi connectivity index (χ1v) is 12.2. The molecule has 2 bridgehead atoms. The summed E-state index contributed by atoms with van der Waals surface area (Å²) in [6.07, 6.45) is 5.41. The van der Waals surface area contributed by atoms with Crippen LogP contribution in [0, 0.1) is 0 Å². The highest BCUT2D eigenvalue weighted by Gasteiger charge is 2.40. The number of ether oxygens (including phenoxy) is 1. The lowest BCUT2D eigenvalue weighted by atomic mass is 9.93. The van der Waals surface area contributed by atoms with Gasteiger partial charge < -0.3 is 14.7 Å². The van der Waals surface area contributed by atoms with E-state index in [2.05, 4.69) is 18.2 Å². The zero-order valence-electron chi connectivity index (χ0n) is 18.5. The Balaban J connectivity index is 1.69. The number of hydrogen-bond acceptors (Lipinski definition) is 6. The number of carbonyl (C=O) groups excluding carboxylic acids is 1. The summed E-state index contributed by atoms with van der Waals surface area (Å²) in [5, 5.41) is 12.8. The maximum Gasteiger partial charge on any atom is 0.278 e. The second-order valence-electron chi connectivity index (χ2n) is 8.62. The summed E-state index contributed by atoms with van der Waals surface area (Å²) in [5.41, 5.74) is 2.67. The summed E-state index contributed by atoms with van der Waals surface area (Å²) in [4.78, 5) is 28.7.